The van der Waals surface area contributed by atoms with Gasteiger partial charge in [-0.2, -0.15) is 0 Å². The fourth-order valence-electron chi connectivity index (χ4n) is 3.56. The fraction of sp³-hybridized carbons (Fsp3) is 0.476. The largest absolute Gasteiger partial charge is 0.390 e. The monoisotopic (exact) mass is 469 g/mol. The summed E-state index contributed by atoms with van der Waals surface area (Å²) in [5.41, 5.74) is 0.115. The van der Waals surface area contributed by atoms with Crippen molar-refractivity contribution in [2.45, 2.75) is 51.5 Å². The van der Waals surface area contributed by atoms with E-state index in [0.717, 1.165) is 0 Å². The van der Waals surface area contributed by atoms with Crippen molar-refractivity contribution >= 4 is 29.1 Å². The van der Waals surface area contributed by atoms with Crippen LogP contribution in [0.15, 0.2) is 34.0 Å². The van der Waals surface area contributed by atoms with Gasteiger partial charge in [0.2, 0.25) is 5.91 Å². The third-order valence-electron chi connectivity index (χ3n) is 5.43. The van der Waals surface area contributed by atoms with Crippen molar-refractivity contribution in [3.63, 3.8) is 0 Å². The Bertz CT molecular complexity index is 1050. The standard InChI is InChI=1S/C21H25Cl2N3O5/c1-3-12-10-26(21(30)25-20(12)29)18-8-16(27)17(31-18)9-24-19(28)11(2)7-13-14(22)5-4-6-15(13)23/h4-6,10-11,16-18,27H,3,7-9H2,1-2H3,(H,24,28)(H,25,29,30)/t11-,16?,17-,18-/m0/s1. The molecule has 1 fully saturated rings. The van der Waals surface area contributed by atoms with E-state index in [0.29, 0.717) is 34.0 Å². The Labute approximate surface area is 189 Å². The molecule has 0 saturated carbocycles. The SMILES string of the molecule is CCc1cn([C@@H]2CC(O)[C@H](CNC(=O)[C@@H](C)Cc3c(Cl)cccc3Cl)O2)c(=O)[nH]c1=O. The van der Waals surface area contributed by atoms with Gasteiger partial charge in [-0.25, -0.2) is 4.79 Å². The molecule has 8 nitrogen and oxygen atoms in total. The smallest absolute Gasteiger partial charge is 0.330 e. The maximum Gasteiger partial charge on any atom is 0.330 e. The zero-order valence-corrected chi connectivity index (χ0v) is 18.7. The Morgan fingerprint density at radius 3 is 2.68 bits per heavy atom. The second kappa shape index (κ2) is 9.99. The van der Waals surface area contributed by atoms with Gasteiger partial charge in [-0.3, -0.25) is 19.1 Å². The number of nitrogens with zero attached hydrogens (tertiary/aromatic N) is 1. The first-order valence-electron chi connectivity index (χ1n) is 10.1. The van der Waals surface area contributed by atoms with Crippen molar-refractivity contribution < 1.29 is 14.6 Å². The number of hydrogen-bond donors (Lipinski definition) is 3. The molecule has 10 heteroatoms. The molecule has 1 aromatic carbocycles. The summed E-state index contributed by atoms with van der Waals surface area (Å²) in [5.74, 6) is -0.634. The van der Waals surface area contributed by atoms with Crippen molar-refractivity contribution in [2.24, 2.45) is 5.92 Å². The van der Waals surface area contributed by atoms with E-state index in [9.17, 15) is 19.5 Å². The molecule has 1 aliphatic heterocycles. The summed E-state index contributed by atoms with van der Waals surface area (Å²) in [4.78, 5) is 38.7. The second-order valence-corrected chi connectivity index (χ2v) is 8.47. The number of halogens is 2. The molecular formula is C21H25Cl2N3O5. The second-order valence-electron chi connectivity index (χ2n) is 7.66. The number of benzene rings is 1. The van der Waals surface area contributed by atoms with E-state index in [1.165, 1.54) is 10.8 Å². The van der Waals surface area contributed by atoms with E-state index in [4.69, 9.17) is 27.9 Å². The number of carbonyl (C=O) groups excluding carboxylic acids is 1. The van der Waals surface area contributed by atoms with E-state index in [2.05, 4.69) is 10.3 Å². The average Bonchev–Trinajstić information content (AvgIpc) is 3.09. The first-order valence-corrected chi connectivity index (χ1v) is 10.8. The van der Waals surface area contributed by atoms with Crippen LogP contribution in [0.5, 0.6) is 0 Å². The van der Waals surface area contributed by atoms with Gasteiger partial charge >= 0.3 is 5.69 Å². The van der Waals surface area contributed by atoms with Crippen molar-refractivity contribution in [2.75, 3.05) is 6.54 Å². The summed E-state index contributed by atoms with van der Waals surface area (Å²) in [5, 5.41) is 14.1. The van der Waals surface area contributed by atoms with Crippen molar-refractivity contribution in [3.05, 3.63) is 66.4 Å². The molecule has 1 amide bonds. The Hall–Kier alpha value is -2.13. The number of aliphatic hydroxyl groups is 1. The van der Waals surface area contributed by atoms with Crippen LogP contribution in [0.2, 0.25) is 10.0 Å². The number of aliphatic hydroxyl groups excluding tert-OH is 1. The predicted octanol–water partition coefficient (Wildman–Crippen LogP) is 2.05. The van der Waals surface area contributed by atoms with Crippen LogP contribution in [0.25, 0.3) is 0 Å². The average molecular weight is 470 g/mol. The highest BCUT2D eigenvalue weighted by Gasteiger charge is 2.36. The van der Waals surface area contributed by atoms with E-state index < -0.39 is 35.6 Å². The molecule has 0 aliphatic carbocycles. The number of carbonyl (C=O) groups is 1. The first-order chi connectivity index (χ1) is 14.7. The van der Waals surface area contributed by atoms with Crippen LogP contribution in [0.4, 0.5) is 0 Å². The normalized spacial score (nSPS) is 21.8. The fourth-order valence-corrected chi connectivity index (χ4v) is 4.12. The van der Waals surface area contributed by atoms with Crippen LogP contribution in [0.1, 0.15) is 37.6 Å². The van der Waals surface area contributed by atoms with Crippen LogP contribution < -0.4 is 16.6 Å². The minimum atomic E-state index is -0.873. The summed E-state index contributed by atoms with van der Waals surface area (Å²) in [7, 11) is 0. The van der Waals surface area contributed by atoms with Crippen molar-refractivity contribution in [1.82, 2.24) is 14.9 Å². The summed E-state index contributed by atoms with van der Waals surface area (Å²) < 4.78 is 7.07. The molecule has 3 rings (SSSR count). The highest BCUT2D eigenvalue weighted by Crippen LogP contribution is 2.28. The number of amides is 1. The molecule has 3 N–H and O–H groups in total. The van der Waals surface area contributed by atoms with Gasteiger partial charge in [0.25, 0.3) is 5.56 Å². The van der Waals surface area contributed by atoms with Crippen LogP contribution >= 0.6 is 23.2 Å². The molecule has 1 aliphatic rings. The molecule has 2 heterocycles. The van der Waals surface area contributed by atoms with Gasteiger partial charge in [0.05, 0.1) is 6.10 Å². The third-order valence-corrected chi connectivity index (χ3v) is 6.14. The Kier molecular flexibility index (Phi) is 7.59. The molecule has 4 atom stereocenters. The number of rotatable bonds is 7. The molecule has 168 valence electrons. The van der Waals surface area contributed by atoms with Gasteiger partial charge in [-0.05, 0) is 30.5 Å². The number of hydrogen-bond acceptors (Lipinski definition) is 5. The molecule has 1 unspecified atom stereocenters. The maximum atomic E-state index is 12.5. The summed E-state index contributed by atoms with van der Waals surface area (Å²) in [6.45, 7) is 3.64. The number of aromatic amines is 1. The molecule has 0 bridgehead atoms. The lowest BCUT2D eigenvalue weighted by Gasteiger charge is -2.19. The number of aromatic nitrogens is 2. The van der Waals surface area contributed by atoms with Gasteiger partial charge in [0.15, 0.2) is 0 Å². The minimum Gasteiger partial charge on any atom is -0.390 e. The Morgan fingerprint density at radius 1 is 1.35 bits per heavy atom. The molecule has 0 spiro atoms. The zero-order chi connectivity index (χ0) is 22.7. The summed E-state index contributed by atoms with van der Waals surface area (Å²) >= 11 is 12.4. The minimum absolute atomic E-state index is 0.0792. The van der Waals surface area contributed by atoms with Crippen molar-refractivity contribution in [3.8, 4) is 0 Å². The molecular weight excluding hydrogens is 445 g/mol. The first kappa shape index (κ1) is 23.5. The van der Waals surface area contributed by atoms with E-state index in [1.807, 2.05) is 0 Å². The quantitative estimate of drug-likeness (QED) is 0.574. The highest BCUT2D eigenvalue weighted by molar-refractivity contribution is 6.36. The van der Waals surface area contributed by atoms with Crippen LogP contribution in [0, 0.1) is 5.92 Å². The maximum absolute atomic E-state index is 12.5. The van der Waals surface area contributed by atoms with E-state index in [-0.39, 0.29) is 18.9 Å². The van der Waals surface area contributed by atoms with E-state index >= 15 is 0 Å². The zero-order valence-electron chi connectivity index (χ0n) is 17.2. The summed E-state index contributed by atoms with van der Waals surface area (Å²) in [6, 6.07) is 5.18. The van der Waals surface area contributed by atoms with Gasteiger partial charge in [-0.1, -0.05) is 43.1 Å². The molecule has 2 aromatic rings. The number of nitrogens with one attached hydrogen (secondary N) is 2. The molecule has 1 saturated heterocycles. The number of H-pyrrole nitrogens is 1. The number of aryl methyl sites for hydroxylation is 1. The highest BCUT2D eigenvalue weighted by atomic mass is 35.5. The Morgan fingerprint density at radius 2 is 2.03 bits per heavy atom. The molecule has 31 heavy (non-hydrogen) atoms. The Balaban J connectivity index is 1.60. The molecule has 0 radical (unpaired) electrons. The van der Waals surface area contributed by atoms with E-state index in [1.54, 1.807) is 32.0 Å². The van der Waals surface area contributed by atoms with Gasteiger partial charge < -0.3 is 15.2 Å². The van der Waals surface area contributed by atoms with Gasteiger partial charge in [0.1, 0.15) is 12.3 Å². The van der Waals surface area contributed by atoms with Crippen LogP contribution in [-0.2, 0) is 22.4 Å². The lowest BCUT2D eigenvalue weighted by Crippen LogP contribution is -2.40. The third kappa shape index (κ3) is 5.38. The lowest BCUT2D eigenvalue weighted by atomic mass is 10.00. The van der Waals surface area contributed by atoms with Crippen LogP contribution in [0.3, 0.4) is 0 Å². The topological polar surface area (TPSA) is 113 Å². The molecule has 1 aromatic heterocycles. The summed E-state index contributed by atoms with van der Waals surface area (Å²) in [6.07, 6.45) is 0.156. The van der Waals surface area contributed by atoms with Crippen molar-refractivity contribution in [1.29, 1.82) is 0 Å². The lowest BCUT2D eigenvalue weighted by molar-refractivity contribution is -0.125. The number of ether oxygens (including phenoxy) is 1. The van der Waals surface area contributed by atoms with Gasteiger partial charge in [-0.15, -0.1) is 0 Å². The predicted molar refractivity (Wildman–Crippen MR) is 118 cm³/mol. The van der Waals surface area contributed by atoms with Crippen LogP contribution in [-0.4, -0.2) is 39.3 Å². The van der Waals surface area contributed by atoms with Gasteiger partial charge in [0, 0.05) is 40.7 Å².